The van der Waals surface area contributed by atoms with E-state index in [9.17, 15) is 4.79 Å². The molecule has 0 aromatic carbocycles. The fraction of sp³-hybridized carbons (Fsp3) is 0.500. The molecule has 1 aromatic rings. The summed E-state index contributed by atoms with van der Waals surface area (Å²) in [6.07, 6.45) is 5.49. The number of carboxylic acid groups (broad SMARTS) is 1. The lowest BCUT2D eigenvalue weighted by Crippen LogP contribution is -2.11. The summed E-state index contributed by atoms with van der Waals surface area (Å²) in [7, 11) is 0. The van der Waals surface area contributed by atoms with E-state index in [1.54, 1.807) is 18.0 Å². The molecule has 86 valence electrons. The van der Waals surface area contributed by atoms with Gasteiger partial charge in [0.1, 0.15) is 11.4 Å². The van der Waals surface area contributed by atoms with Crippen molar-refractivity contribution in [2.24, 2.45) is 5.41 Å². The van der Waals surface area contributed by atoms with Crippen LogP contribution in [0.3, 0.4) is 0 Å². The number of rotatable bonds is 5. The normalized spacial score (nSPS) is 17.1. The minimum Gasteiger partial charge on any atom is -0.481 e. The first-order valence-corrected chi connectivity index (χ1v) is 6.69. The van der Waals surface area contributed by atoms with Crippen LogP contribution in [0.1, 0.15) is 19.3 Å². The zero-order chi connectivity index (χ0) is 11.6. The monoisotopic (exact) mass is 302 g/mol. The smallest absolute Gasteiger partial charge is 0.303 e. The van der Waals surface area contributed by atoms with Gasteiger partial charge in [-0.05, 0) is 34.2 Å². The second-order valence-electron chi connectivity index (χ2n) is 4.04. The van der Waals surface area contributed by atoms with E-state index in [0.29, 0.717) is 0 Å². The number of nitrogens with zero attached hydrogens (tertiary/aromatic N) is 2. The summed E-state index contributed by atoms with van der Waals surface area (Å²) in [5.74, 6) is 0.106. The quantitative estimate of drug-likeness (QED) is 0.669. The summed E-state index contributed by atoms with van der Waals surface area (Å²) in [6, 6.07) is 0. The molecule has 0 radical (unpaired) electrons. The van der Waals surface area contributed by atoms with Crippen molar-refractivity contribution >= 4 is 33.7 Å². The van der Waals surface area contributed by atoms with E-state index >= 15 is 0 Å². The van der Waals surface area contributed by atoms with Gasteiger partial charge in [-0.1, -0.05) is 0 Å². The molecule has 16 heavy (non-hydrogen) atoms. The molecule has 1 saturated carbocycles. The number of aromatic nitrogens is 2. The Balaban J connectivity index is 1.93. The van der Waals surface area contributed by atoms with Crippen LogP contribution in [0.25, 0.3) is 0 Å². The topological polar surface area (TPSA) is 63.1 Å². The van der Waals surface area contributed by atoms with E-state index in [0.717, 1.165) is 28.1 Å². The van der Waals surface area contributed by atoms with Crippen molar-refractivity contribution in [3.05, 3.63) is 17.0 Å². The number of aliphatic carboxylic acids is 1. The molecule has 0 bridgehead atoms. The molecule has 0 amide bonds. The Morgan fingerprint density at radius 2 is 2.38 bits per heavy atom. The number of thioether (sulfide) groups is 1. The minimum absolute atomic E-state index is 0.000883. The van der Waals surface area contributed by atoms with Crippen molar-refractivity contribution in [1.82, 2.24) is 9.97 Å². The molecule has 0 spiro atoms. The van der Waals surface area contributed by atoms with Crippen molar-refractivity contribution in [2.75, 3.05) is 5.75 Å². The molecule has 1 N–H and O–H groups in total. The number of carboxylic acids is 1. The van der Waals surface area contributed by atoms with E-state index in [4.69, 9.17) is 5.11 Å². The molecule has 0 unspecified atom stereocenters. The van der Waals surface area contributed by atoms with Gasteiger partial charge in [0.05, 0.1) is 10.9 Å². The van der Waals surface area contributed by atoms with Gasteiger partial charge in [-0.15, -0.1) is 11.8 Å². The molecule has 1 aromatic heterocycles. The molecule has 2 rings (SSSR count). The Morgan fingerprint density at radius 1 is 1.62 bits per heavy atom. The molecular weight excluding hydrogens is 292 g/mol. The van der Waals surface area contributed by atoms with Crippen LogP contribution in [0.15, 0.2) is 22.0 Å². The Morgan fingerprint density at radius 3 is 2.94 bits per heavy atom. The van der Waals surface area contributed by atoms with Gasteiger partial charge in [0.15, 0.2) is 0 Å². The molecule has 1 heterocycles. The van der Waals surface area contributed by atoms with Gasteiger partial charge < -0.3 is 5.11 Å². The van der Waals surface area contributed by atoms with Gasteiger partial charge in [-0.25, -0.2) is 9.97 Å². The Bertz CT molecular complexity index is 410. The van der Waals surface area contributed by atoms with Gasteiger partial charge in [0.25, 0.3) is 0 Å². The second-order valence-corrected chi connectivity index (χ2v) is 5.85. The molecular formula is C10H11BrN2O2S. The second kappa shape index (κ2) is 4.71. The van der Waals surface area contributed by atoms with Crippen molar-refractivity contribution in [2.45, 2.75) is 24.3 Å². The lowest BCUT2D eigenvalue weighted by atomic mass is 10.1. The van der Waals surface area contributed by atoms with Gasteiger partial charge in [-0.3, -0.25) is 4.79 Å². The largest absolute Gasteiger partial charge is 0.481 e. The van der Waals surface area contributed by atoms with E-state index in [1.807, 2.05) is 0 Å². The highest BCUT2D eigenvalue weighted by Gasteiger charge is 2.44. The van der Waals surface area contributed by atoms with Crippen LogP contribution in [-0.4, -0.2) is 26.8 Å². The molecule has 4 nitrogen and oxygen atoms in total. The predicted octanol–water partition coefficient (Wildman–Crippen LogP) is 2.59. The van der Waals surface area contributed by atoms with Crippen LogP contribution in [0.2, 0.25) is 0 Å². The molecule has 6 heteroatoms. The average Bonchev–Trinajstić information content (AvgIpc) is 2.96. The van der Waals surface area contributed by atoms with Gasteiger partial charge >= 0.3 is 5.97 Å². The van der Waals surface area contributed by atoms with Crippen LogP contribution >= 0.6 is 27.7 Å². The van der Waals surface area contributed by atoms with Crippen LogP contribution in [0, 0.1) is 5.41 Å². The third-order valence-electron chi connectivity index (χ3n) is 2.63. The number of halogens is 1. The zero-order valence-electron chi connectivity index (χ0n) is 8.52. The molecule has 1 aliphatic rings. The Labute approximate surface area is 106 Å². The van der Waals surface area contributed by atoms with E-state index in [-0.39, 0.29) is 11.8 Å². The summed E-state index contributed by atoms with van der Waals surface area (Å²) in [6.45, 7) is 0. The molecule has 0 atom stereocenters. The van der Waals surface area contributed by atoms with Crippen LogP contribution < -0.4 is 0 Å². The highest BCUT2D eigenvalue weighted by Crippen LogP contribution is 2.52. The summed E-state index contributed by atoms with van der Waals surface area (Å²) in [4.78, 5) is 18.7. The number of hydrogen-bond acceptors (Lipinski definition) is 4. The van der Waals surface area contributed by atoms with E-state index in [1.165, 1.54) is 6.33 Å². The fourth-order valence-corrected chi connectivity index (χ4v) is 3.21. The Hall–Kier alpha value is -0.620. The van der Waals surface area contributed by atoms with E-state index < -0.39 is 5.97 Å². The first-order valence-electron chi connectivity index (χ1n) is 4.91. The van der Waals surface area contributed by atoms with Gasteiger partial charge in [0, 0.05) is 11.9 Å². The molecule has 1 aliphatic carbocycles. The zero-order valence-corrected chi connectivity index (χ0v) is 10.9. The van der Waals surface area contributed by atoms with Crippen LogP contribution in [-0.2, 0) is 4.79 Å². The first-order chi connectivity index (χ1) is 7.61. The maximum Gasteiger partial charge on any atom is 0.303 e. The summed E-state index contributed by atoms with van der Waals surface area (Å²) < 4.78 is 0.867. The highest BCUT2D eigenvalue weighted by atomic mass is 79.9. The predicted molar refractivity (Wildman–Crippen MR) is 64.4 cm³/mol. The van der Waals surface area contributed by atoms with Crippen LogP contribution in [0.5, 0.6) is 0 Å². The van der Waals surface area contributed by atoms with Crippen molar-refractivity contribution in [3.8, 4) is 0 Å². The molecule has 0 saturated heterocycles. The first kappa shape index (κ1) is 11.9. The highest BCUT2D eigenvalue weighted by molar-refractivity contribution is 9.10. The fourth-order valence-electron chi connectivity index (χ4n) is 1.50. The summed E-state index contributed by atoms with van der Waals surface area (Å²) >= 11 is 4.97. The average molecular weight is 303 g/mol. The number of carbonyl (C=O) groups is 1. The minimum atomic E-state index is -0.708. The van der Waals surface area contributed by atoms with E-state index in [2.05, 4.69) is 25.9 Å². The third-order valence-corrected chi connectivity index (χ3v) is 4.83. The van der Waals surface area contributed by atoms with Crippen molar-refractivity contribution in [3.63, 3.8) is 0 Å². The summed E-state index contributed by atoms with van der Waals surface area (Å²) in [5, 5.41) is 9.68. The van der Waals surface area contributed by atoms with Gasteiger partial charge in [0.2, 0.25) is 0 Å². The maximum absolute atomic E-state index is 10.7. The third kappa shape index (κ3) is 2.95. The Kier molecular flexibility index (Phi) is 3.49. The number of hydrogen-bond donors (Lipinski definition) is 1. The van der Waals surface area contributed by atoms with Crippen LogP contribution in [0.4, 0.5) is 0 Å². The lowest BCUT2D eigenvalue weighted by molar-refractivity contribution is -0.138. The molecule has 0 aliphatic heterocycles. The van der Waals surface area contributed by atoms with Crippen molar-refractivity contribution < 1.29 is 9.90 Å². The summed E-state index contributed by atoms with van der Waals surface area (Å²) in [5.41, 5.74) is 0.000883. The standard InChI is InChI=1S/C10H11BrN2O2S/c11-7-4-12-6-13-9(7)16-5-10(1-2-10)3-8(14)15/h4,6H,1-3,5H2,(H,14,15). The SMILES string of the molecule is O=C(O)CC1(CSc2ncncc2Br)CC1. The van der Waals surface area contributed by atoms with Gasteiger partial charge in [-0.2, -0.15) is 0 Å². The van der Waals surface area contributed by atoms with Crippen molar-refractivity contribution in [1.29, 1.82) is 0 Å². The molecule has 1 fully saturated rings. The lowest BCUT2D eigenvalue weighted by Gasteiger charge is -2.11. The maximum atomic E-state index is 10.7.